The van der Waals surface area contributed by atoms with Gasteiger partial charge in [0.25, 0.3) is 0 Å². The Morgan fingerprint density at radius 2 is 2.06 bits per heavy atom. The van der Waals surface area contributed by atoms with Crippen LogP contribution in [0.2, 0.25) is 0 Å². The molecule has 2 fully saturated rings. The molecule has 1 saturated carbocycles. The lowest BCUT2D eigenvalue weighted by molar-refractivity contribution is 0.0675. The fourth-order valence-corrected chi connectivity index (χ4v) is 2.99. The summed E-state index contributed by atoms with van der Waals surface area (Å²) in [6, 6.07) is 1.42. The van der Waals surface area contributed by atoms with Crippen molar-refractivity contribution in [2.24, 2.45) is 11.3 Å². The van der Waals surface area contributed by atoms with Crippen LogP contribution in [0.4, 0.5) is 0 Å². The second kappa shape index (κ2) is 5.89. The Hall–Kier alpha value is -0.120. The van der Waals surface area contributed by atoms with Crippen LogP contribution in [0.25, 0.3) is 0 Å². The molecule has 1 aliphatic heterocycles. The number of ether oxygens (including phenoxy) is 1. The molecule has 2 unspecified atom stereocenters. The second-order valence-electron chi connectivity index (χ2n) is 7.04. The van der Waals surface area contributed by atoms with E-state index in [-0.39, 0.29) is 0 Å². The SMILES string of the molecule is COCCC(C)(C)CN1CC(C2CC2)NCC1C. The molecule has 0 aromatic carbocycles. The summed E-state index contributed by atoms with van der Waals surface area (Å²) in [5.74, 6) is 0.960. The van der Waals surface area contributed by atoms with Gasteiger partial charge in [-0.2, -0.15) is 0 Å². The molecule has 0 aromatic rings. The number of rotatable bonds is 6. The highest BCUT2D eigenvalue weighted by molar-refractivity contribution is 4.94. The fraction of sp³-hybridized carbons (Fsp3) is 1.00. The third-order valence-corrected chi connectivity index (χ3v) is 4.54. The molecule has 18 heavy (non-hydrogen) atoms. The van der Waals surface area contributed by atoms with Crippen LogP contribution in [-0.4, -0.2) is 50.3 Å². The molecule has 106 valence electrons. The number of nitrogens with one attached hydrogen (secondary N) is 1. The summed E-state index contributed by atoms with van der Waals surface area (Å²) in [5.41, 5.74) is 0.357. The van der Waals surface area contributed by atoms with Crippen molar-refractivity contribution in [2.45, 2.75) is 52.1 Å². The van der Waals surface area contributed by atoms with Gasteiger partial charge in [-0.3, -0.25) is 4.90 Å². The van der Waals surface area contributed by atoms with E-state index in [1.807, 2.05) is 0 Å². The maximum atomic E-state index is 5.23. The molecule has 2 atom stereocenters. The summed E-state index contributed by atoms with van der Waals surface area (Å²) < 4.78 is 5.23. The predicted molar refractivity (Wildman–Crippen MR) is 75.8 cm³/mol. The number of hydrogen-bond donors (Lipinski definition) is 1. The van der Waals surface area contributed by atoms with Crippen molar-refractivity contribution in [3.63, 3.8) is 0 Å². The summed E-state index contributed by atoms with van der Waals surface area (Å²) in [7, 11) is 1.80. The van der Waals surface area contributed by atoms with E-state index in [0.29, 0.717) is 11.5 Å². The number of piperazine rings is 1. The molecule has 2 rings (SSSR count). The van der Waals surface area contributed by atoms with Crippen molar-refractivity contribution in [3.8, 4) is 0 Å². The van der Waals surface area contributed by atoms with E-state index in [0.717, 1.165) is 31.5 Å². The maximum absolute atomic E-state index is 5.23. The molecule has 3 heteroatoms. The Bertz CT molecular complexity index is 263. The third kappa shape index (κ3) is 3.94. The molecule has 1 heterocycles. The molecule has 0 amide bonds. The zero-order chi connectivity index (χ0) is 13.2. The number of nitrogens with zero attached hydrogens (tertiary/aromatic N) is 1. The van der Waals surface area contributed by atoms with Gasteiger partial charge in [0.1, 0.15) is 0 Å². The highest BCUT2D eigenvalue weighted by Gasteiger charge is 2.37. The Morgan fingerprint density at radius 1 is 1.33 bits per heavy atom. The molecule has 1 saturated heterocycles. The highest BCUT2D eigenvalue weighted by atomic mass is 16.5. The van der Waals surface area contributed by atoms with Gasteiger partial charge in [-0.25, -0.2) is 0 Å². The van der Waals surface area contributed by atoms with Gasteiger partial charge in [-0.1, -0.05) is 13.8 Å². The van der Waals surface area contributed by atoms with Crippen LogP contribution < -0.4 is 5.32 Å². The van der Waals surface area contributed by atoms with E-state index in [9.17, 15) is 0 Å². The van der Waals surface area contributed by atoms with E-state index in [1.54, 1.807) is 7.11 Å². The minimum Gasteiger partial charge on any atom is -0.385 e. The molecule has 0 aromatic heterocycles. The lowest BCUT2D eigenvalue weighted by Gasteiger charge is -2.43. The van der Waals surface area contributed by atoms with E-state index in [4.69, 9.17) is 4.74 Å². The third-order valence-electron chi connectivity index (χ3n) is 4.54. The van der Waals surface area contributed by atoms with Crippen LogP contribution in [0.15, 0.2) is 0 Å². The summed E-state index contributed by atoms with van der Waals surface area (Å²) in [6.07, 6.45) is 4.02. The maximum Gasteiger partial charge on any atom is 0.0467 e. The lowest BCUT2D eigenvalue weighted by atomic mass is 9.88. The topological polar surface area (TPSA) is 24.5 Å². The van der Waals surface area contributed by atoms with Crippen LogP contribution in [0.1, 0.15) is 40.0 Å². The van der Waals surface area contributed by atoms with Gasteiger partial charge in [-0.05, 0) is 37.5 Å². The fourth-order valence-electron chi connectivity index (χ4n) is 2.99. The zero-order valence-electron chi connectivity index (χ0n) is 12.5. The van der Waals surface area contributed by atoms with Crippen LogP contribution >= 0.6 is 0 Å². The normalized spacial score (nSPS) is 30.7. The van der Waals surface area contributed by atoms with E-state index in [2.05, 4.69) is 31.0 Å². The second-order valence-corrected chi connectivity index (χ2v) is 7.04. The average molecular weight is 254 g/mol. The largest absolute Gasteiger partial charge is 0.385 e. The van der Waals surface area contributed by atoms with E-state index < -0.39 is 0 Å². The molecule has 0 bridgehead atoms. The van der Waals surface area contributed by atoms with Gasteiger partial charge in [0.15, 0.2) is 0 Å². The predicted octanol–water partition coefficient (Wildman–Crippen LogP) is 2.12. The smallest absolute Gasteiger partial charge is 0.0467 e. The lowest BCUT2D eigenvalue weighted by Crippen LogP contribution is -2.57. The van der Waals surface area contributed by atoms with Gasteiger partial charge >= 0.3 is 0 Å². The van der Waals surface area contributed by atoms with Gasteiger partial charge < -0.3 is 10.1 Å². The van der Waals surface area contributed by atoms with Gasteiger partial charge in [0, 0.05) is 45.4 Å². The Labute approximate surface area is 112 Å². The summed E-state index contributed by atoms with van der Waals surface area (Å²) in [6.45, 7) is 11.5. The molecule has 2 aliphatic rings. The van der Waals surface area contributed by atoms with Crippen molar-refractivity contribution in [1.29, 1.82) is 0 Å². The van der Waals surface area contributed by atoms with Crippen molar-refractivity contribution in [2.75, 3.05) is 33.4 Å². The average Bonchev–Trinajstić information content (AvgIpc) is 3.13. The Morgan fingerprint density at radius 3 is 2.67 bits per heavy atom. The minimum absolute atomic E-state index is 0.357. The van der Waals surface area contributed by atoms with Crippen LogP contribution in [0, 0.1) is 11.3 Å². The Balaban J connectivity index is 1.85. The molecular formula is C15H30N2O. The number of methoxy groups -OCH3 is 1. The van der Waals surface area contributed by atoms with Gasteiger partial charge in [0.05, 0.1) is 0 Å². The quantitative estimate of drug-likeness (QED) is 0.786. The summed E-state index contributed by atoms with van der Waals surface area (Å²) >= 11 is 0. The van der Waals surface area contributed by atoms with E-state index in [1.165, 1.54) is 25.9 Å². The summed E-state index contributed by atoms with van der Waals surface area (Å²) in [5, 5.41) is 3.72. The van der Waals surface area contributed by atoms with E-state index >= 15 is 0 Å². The molecule has 3 nitrogen and oxygen atoms in total. The minimum atomic E-state index is 0.357. The molecule has 1 aliphatic carbocycles. The first kappa shape index (κ1) is 14.3. The van der Waals surface area contributed by atoms with Crippen molar-refractivity contribution in [1.82, 2.24) is 10.2 Å². The Kier molecular flexibility index (Phi) is 4.68. The van der Waals surface area contributed by atoms with Crippen LogP contribution in [0.5, 0.6) is 0 Å². The van der Waals surface area contributed by atoms with Crippen LogP contribution in [0.3, 0.4) is 0 Å². The first-order valence-electron chi connectivity index (χ1n) is 7.48. The molecule has 1 N–H and O–H groups in total. The first-order chi connectivity index (χ1) is 8.52. The van der Waals surface area contributed by atoms with Crippen LogP contribution in [-0.2, 0) is 4.74 Å². The number of hydrogen-bond acceptors (Lipinski definition) is 3. The summed E-state index contributed by atoms with van der Waals surface area (Å²) in [4.78, 5) is 2.69. The standard InChI is InChI=1S/C15H30N2O/c1-12-9-16-14(13-5-6-13)10-17(12)11-15(2,3)7-8-18-4/h12-14,16H,5-11H2,1-4H3. The monoisotopic (exact) mass is 254 g/mol. The molecule has 0 radical (unpaired) electrons. The molecular weight excluding hydrogens is 224 g/mol. The van der Waals surface area contributed by atoms with Crippen molar-refractivity contribution >= 4 is 0 Å². The van der Waals surface area contributed by atoms with Crippen molar-refractivity contribution < 1.29 is 4.74 Å². The first-order valence-corrected chi connectivity index (χ1v) is 7.48. The van der Waals surface area contributed by atoms with Gasteiger partial charge in [-0.15, -0.1) is 0 Å². The zero-order valence-corrected chi connectivity index (χ0v) is 12.5. The highest BCUT2D eigenvalue weighted by Crippen LogP contribution is 2.35. The molecule has 0 spiro atoms. The van der Waals surface area contributed by atoms with Gasteiger partial charge in [0.2, 0.25) is 0 Å². The van der Waals surface area contributed by atoms with Crippen molar-refractivity contribution in [3.05, 3.63) is 0 Å².